The molecular formula is C17H17ClN2. The smallest absolute Gasteiger partial charge is 0.122 e. The van der Waals surface area contributed by atoms with Gasteiger partial charge in [-0.15, -0.1) is 0 Å². The quantitative estimate of drug-likeness (QED) is 0.866. The van der Waals surface area contributed by atoms with Crippen molar-refractivity contribution in [2.24, 2.45) is 0 Å². The molecule has 2 aromatic carbocycles. The van der Waals surface area contributed by atoms with Gasteiger partial charge in [0.25, 0.3) is 0 Å². The molecule has 0 radical (unpaired) electrons. The van der Waals surface area contributed by atoms with Crippen molar-refractivity contribution in [1.29, 1.82) is 5.26 Å². The van der Waals surface area contributed by atoms with E-state index in [4.69, 9.17) is 11.6 Å². The lowest BCUT2D eigenvalue weighted by Crippen LogP contribution is -2.33. The van der Waals surface area contributed by atoms with Crippen LogP contribution in [-0.4, -0.2) is 5.54 Å². The summed E-state index contributed by atoms with van der Waals surface area (Å²) in [5, 5.41) is 13.4. The van der Waals surface area contributed by atoms with Crippen molar-refractivity contribution in [3.63, 3.8) is 0 Å². The third-order valence-corrected chi connectivity index (χ3v) is 3.48. The molecule has 0 amide bonds. The highest BCUT2D eigenvalue weighted by Crippen LogP contribution is 2.22. The van der Waals surface area contributed by atoms with Gasteiger partial charge in [0.15, 0.2) is 0 Å². The topological polar surface area (TPSA) is 35.8 Å². The van der Waals surface area contributed by atoms with Crippen molar-refractivity contribution in [1.82, 2.24) is 0 Å². The van der Waals surface area contributed by atoms with Crippen molar-refractivity contribution in [3.05, 3.63) is 65.2 Å². The average molecular weight is 285 g/mol. The number of nitrogens with one attached hydrogen (secondary N) is 1. The first-order valence-corrected chi connectivity index (χ1v) is 6.98. The molecule has 0 spiro atoms. The molecule has 1 atom stereocenters. The number of benzene rings is 2. The van der Waals surface area contributed by atoms with Crippen molar-refractivity contribution in [3.8, 4) is 6.07 Å². The molecule has 0 fully saturated rings. The van der Waals surface area contributed by atoms with E-state index in [9.17, 15) is 5.26 Å². The van der Waals surface area contributed by atoms with Gasteiger partial charge in [-0.25, -0.2) is 0 Å². The van der Waals surface area contributed by atoms with Crippen LogP contribution in [0.5, 0.6) is 0 Å². The maximum absolute atomic E-state index is 9.45. The molecule has 2 rings (SSSR count). The Balaban J connectivity index is 2.04. The Morgan fingerprint density at radius 1 is 1.15 bits per heavy atom. The first kappa shape index (κ1) is 14.4. The molecule has 0 aromatic heterocycles. The number of hydrogen-bond acceptors (Lipinski definition) is 2. The van der Waals surface area contributed by atoms with E-state index in [2.05, 4.69) is 23.5 Å². The van der Waals surface area contributed by atoms with Crippen LogP contribution in [0, 0.1) is 11.3 Å². The number of anilines is 1. The molecule has 102 valence electrons. The second kappa shape index (κ2) is 6.45. The lowest BCUT2D eigenvalue weighted by molar-refractivity contribution is 0.589. The summed E-state index contributed by atoms with van der Waals surface area (Å²) in [5.74, 6) is 0. The fraction of sp³-hybridized carbons (Fsp3) is 0.235. The largest absolute Gasteiger partial charge is 0.368 e. The average Bonchev–Trinajstić information content (AvgIpc) is 2.46. The monoisotopic (exact) mass is 284 g/mol. The van der Waals surface area contributed by atoms with Crippen LogP contribution < -0.4 is 5.32 Å². The van der Waals surface area contributed by atoms with Gasteiger partial charge >= 0.3 is 0 Å². The van der Waals surface area contributed by atoms with E-state index in [1.165, 1.54) is 5.56 Å². The van der Waals surface area contributed by atoms with Gasteiger partial charge in [-0.3, -0.25) is 0 Å². The summed E-state index contributed by atoms with van der Waals surface area (Å²) in [4.78, 5) is 0. The minimum absolute atomic E-state index is 0.611. The first-order chi connectivity index (χ1) is 9.61. The third kappa shape index (κ3) is 4.01. The fourth-order valence-corrected chi connectivity index (χ4v) is 2.26. The first-order valence-electron chi connectivity index (χ1n) is 6.60. The maximum atomic E-state index is 9.45. The van der Waals surface area contributed by atoms with E-state index >= 15 is 0 Å². The van der Waals surface area contributed by atoms with Crippen LogP contribution in [-0.2, 0) is 6.42 Å². The number of halogens is 1. The van der Waals surface area contributed by atoms with E-state index < -0.39 is 5.54 Å². The number of nitriles is 1. The van der Waals surface area contributed by atoms with Crippen molar-refractivity contribution >= 4 is 17.3 Å². The van der Waals surface area contributed by atoms with Crippen LogP contribution in [0.15, 0.2) is 54.6 Å². The zero-order valence-corrected chi connectivity index (χ0v) is 12.2. The van der Waals surface area contributed by atoms with Crippen molar-refractivity contribution in [2.45, 2.75) is 25.3 Å². The highest BCUT2D eigenvalue weighted by atomic mass is 35.5. The SMILES string of the molecule is CC(C#N)(CCc1ccccc1)Nc1cccc(Cl)c1. The van der Waals surface area contributed by atoms with E-state index in [0.29, 0.717) is 5.02 Å². The highest BCUT2D eigenvalue weighted by Gasteiger charge is 2.23. The number of aryl methyl sites for hydroxylation is 1. The lowest BCUT2D eigenvalue weighted by atomic mass is 9.94. The number of hydrogen-bond donors (Lipinski definition) is 1. The summed E-state index contributed by atoms with van der Waals surface area (Å²) in [6, 6.07) is 20.0. The molecule has 20 heavy (non-hydrogen) atoms. The summed E-state index contributed by atoms with van der Waals surface area (Å²) in [6.45, 7) is 1.91. The van der Waals surface area contributed by atoms with Gasteiger partial charge in [0.05, 0.1) is 6.07 Å². The summed E-state index contributed by atoms with van der Waals surface area (Å²) in [6.07, 6.45) is 1.60. The zero-order valence-electron chi connectivity index (χ0n) is 11.4. The molecule has 0 saturated carbocycles. The highest BCUT2D eigenvalue weighted by molar-refractivity contribution is 6.30. The van der Waals surface area contributed by atoms with Crippen LogP contribution in [0.25, 0.3) is 0 Å². The Kier molecular flexibility index (Phi) is 4.65. The predicted octanol–water partition coefficient (Wildman–Crippen LogP) is 4.67. The minimum atomic E-state index is -0.611. The van der Waals surface area contributed by atoms with Gasteiger partial charge in [-0.1, -0.05) is 48.0 Å². The molecule has 0 aliphatic rings. The Morgan fingerprint density at radius 2 is 1.90 bits per heavy atom. The van der Waals surface area contributed by atoms with Gasteiger partial charge in [0.1, 0.15) is 5.54 Å². The van der Waals surface area contributed by atoms with E-state index in [0.717, 1.165) is 18.5 Å². The summed E-state index contributed by atoms with van der Waals surface area (Å²) in [5.41, 5.74) is 1.50. The lowest BCUT2D eigenvalue weighted by Gasteiger charge is -2.24. The second-order valence-electron chi connectivity index (χ2n) is 5.06. The van der Waals surface area contributed by atoms with Crippen LogP contribution in [0.3, 0.4) is 0 Å². The molecule has 1 unspecified atom stereocenters. The second-order valence-corrected chi connectivity index (χ2v) is 5.50. The maximum Gasteiger partial charge on any atom is 0.122 e. The van der Waals surface area contributed by atoms with Gasteiger partial charge in [-0.05, 0) is 43.5 Å². The van der Waals surface area contributed by atoms with Crippen molar-refractivity contribution in [2.75, 3.05) is 5.32 Å². The Bertz CT molecular complexity index is 604. The predicted molar refractivity (Wildman–Crippen MR) is 83.9 cm³/mol. The Hall–Kier alpha value is -1.98. The van der Waals surface area contributed by atoms with E-state index in [-0.39, 0.29) is 0 Å². The standard InChI is InChI=1S/C17H17ClN2/c1-17(13-19,11-10-14-6-3-2-4-7-14)20-16-9-5-8-15(18)12-16/h2-9,12,20H,10-11H2,1H3. The van der Waals surface area contributed by atoms with Gasteiger partial charge in [-0.2, -0.15) is 5.26 Å². The van der Waals surface area contributed by atoms with Gasteiger partial charge < -0.3 is 5.32 Å². The van der Waals surface area contributed by atoms with E-state index in [1.807, 2.05) is 49.4 Å². The fourth-order valence-electron chi connectivity index (χ4n) is 2.07. The van der Waals surface area contributed by atoms with Crippen LogP contribution in [0.1, 0.15) is 18.9 Å². The normalized spacial score (nSPS) is 13.2. The molecule has 0 heterocycles. The number of rotatable bonds is 5. The van der Waals surface area contributed by atoms with Crippen LogP contribution >= 0.6 is 11.6 Å². The van der Waals surface area contributed by atoms with Gasteiger partial charge in [0, 0.05) is 10.7 Å². The Labute approximate surface area is 125 Å². The van der Waals surface area contributed by atoms with Crippen LogP contribution in [0.2, 0.25) is 5.02 Å². The molecule has 2 aromatic rings. The van der Waals surface area contributed by atoms with Crippen LogP contribution in [0.4, 0.5) is 5.69 Å². The summed E-state index contributed by atoms with van der Waals surface area (Å²) < 4.78 is 0. The molecule has 3 heteroatoms. The summed E-state index contributed by atoms with van der Waals surface area (Å²) in [7, 11) is 0. The molecule has 1 N–H and O–H groups in total. The Morgan fingerprint density at radius 3 is 2.55 bits per heavy atom. The molecule has 0 bridgehead atoms. The summed E-state index contributed by atoms with van der Waals surface area (Å²) >= 11 is 5.97. The third-order valence-electron chi connectivity index (χ3n) is 3.25. The van der Waals surface area contributed by atoms with Crippen molar-refractivity contribution < 1.29 is 0 Å². The zero-order chi connectivity index (χ0) is 14.4. The number of nitrogens with zero attached hydrogens (tertiary/aromatic N) is 1. The van der Waals surface area contributed by atoms with E-state index in [1.54, 1.807) is 0 Å². The molecule has 0 saturated heterocycles. The molecule has 2 nitrogen and oxygen atoms in total. The van der Waals surface area contributed by atoms with Gasteiger partial charge in [0.2, 0.25) is 0 Å². The minimum Gasteiger partial charge on any atom is -0.368 e. The molecule has 0 aliphatic carbocycles. The molecule has 0 aliphatic heterocycles. The molecular weight excluding hydrogens is 268 g/mol.